The summed E-state index contributed by atoms with van der Waals surface area (Å²) in [6.45, 7) is 7.42. The zero-order valence-electron chi connectivity index (χ0n) is 20.6. The molecule has 3 amide bonds. The molecule has 188 valence electrons. The van der Waals surface area contributed by atoms with Crippen LogP contribution in [0.25, 0.3) is 0 Å². The largest absolute Gasteiger partial charge is 0.356 e. The molecule has 1 aromatic heterocycles. The van der Waals surface area contributed by atoms with Crippen LogP contribution in [0.3, 0.4) is 0 Å². The van der Waals surface area contributed by atoms with Crippen LogP contribution < -0.4 is 10.6 Å². The van der Waals surface area contributed by atoms with Gasteiger partial charge in [-0.05, 0) is 51.5 Å². The van der Waals surface area contributed by atoms with E-state index in [1.54, 1.807) is 43.6 Å². The van der Waals surface area contributed by atoms with Crippen LogP contribution in [-0.2, 0) is 25.7 Å². The van der Waals surface area contributed by atoms with Crippen molar-refractivity contribution < 1.29 is 23.5 Å². The summed E-state index contributed by atoms with van der Waals surface area (Å²) in [6, 6.07) is 8.43. The maximum Gasteiger partial charge on any atom is 0.246 e. The molecular weight excluding hydrogens is 463 g/mol. The minimum absolute atomic E-state index is 0.0200. The number of fused-ring (bicyclic) bond motifs is 1. The van der Waals surface area contributed by atoms with Crippen molar-refractivity contribution in [1.82, 2.24) is 15.2 Å². The average Bonchev–Trinajstić information content (AvgIpc) is 3.36. The third-order valence-corrected chi connectivity index (χ3v) is 7.03. The van der Waals surface area contributed by atoms with Crippen molar-refractivity contribution in [2.45, 2.75) is 57.0 Å². The summed E-state index contributed by atoms with van der Waals surface area (Å²) in [6.07, 6.45) is 6.76. The van der Waals surface area contributed by atoms with Crippen molar-refractivity contribution in [3.8, 4) is 0 Å². The Balaban J connectivity index is 1.55. The third kappa shape index (κ3) is 3.78. The lowest BCUT2D eigenvalue weighted by molar-refractivity contribution is -0.145. The summed E-state index contributed by atoms with van der Waals surface area (Å²) in [5.41, 5.74) is -2.25. The Bertz CT molecular complexity index is 1260. The van der Waals surface area contributed by atoms with E-state index in [-0.39, 0.29) is 24.0 Å². The first-order chi connectivity index (χ1) is 17.0. The van der Waals surface area contributed by atoms with Crippen LogP contribution in [0.4, 0.5) is 10.1 Å². The number of ether oxygens (including phenoxy) is 1. The number of pyridine rings is 1. The van der Waals surface area contributed by atoms with E-state index in [0.29, 0.717) is 0 Å². The second-order valence-corrected chi connectivity index (χ2v) is 10.9. The number of rotatable bonds is 5. The van der Waals surface area contributed by atoms with Gasteiger partial charge in [-0.15, -0.1) is 0 Å². The molecule has 0 aliphatic carbocycles. The molecule has 2 fully saturated rings. The van der Waals surface area contributed by atoms with E-state index < -0.39 is 46.3 Å². The molecule has 4 heterocycles. The van der Waals surface area contributed by atoms with E-state index in [1.807, 2.05) is 26.8 Å². The number of anilines is 1. The molecule has 2 aromatic rings. The number of amides is 3. The molecule has 0 saturated carbocycles. The average molecular weight is 493 g/mol. The number of para-hydroxylation sites is 1. The number of halogens is 1. The molecule has 5 atom stereocenters. The highest BCUT2D eigenvalue weighted by molar-refractivity contribution is 6.03. The number of benzene rings is 1. The van der Waals surface area contributed by atoms with Gasteiger partial charge in [0.25, 0.3) is 0 Å². The third-order valence-electron chi connectivity index (χ3n) is 7.03. The van der Waals surface area contributed by atoms with Crippen LogP contribution >= 0.6 is 0 Å². The predicted octanol–water partition coefficient (Wildman–Crippen LogP) is 2.81. The SMILES string of the molecule is CC(C)(C)NC(=O)[C@H]1N(Cc2cccnc2)C(=O)[C@@H]2[C@H](C(=O)Nc3ccccc3F)[C@@]3(C)C=C[C@]21O3. The highest BCUT2D eigenvalue weighted by atomic mass is 19.1. The number of carbonyl (C=O) groups excluding carboxylic acids is 3. The quantitative estimate of drug-likeness (QED) is 0.626. The summed E-state index contributed by atoms with van der Waals surface area (Å²) in [4.78, 5) is 46.8. The topological polar surface area (TPSA) is 101 Å². The van der Waals surface area contributed by atoms with E-state index in [4.69, 9.17) is 4.74 Å². The summed E-state index contributed by atoms with van der Waals surface area (Å²) < 4.78 is 20.8. The second kappa shape index (κ2) is 8.23. The Kier molecular flexibility index (Phi) is 5.51. The fourth-order valence-electron chi connectivity index (χ4n) is 5.70. The van der Waals surface area contributed by atoms with E-state index in [2.05, 4.69) is 15.6 Å². The molecule has 1 aromatic carbocycles. The second-order valence-electron chi connectivity index (χ2n) is 10.9. The summed E-state index contributed by atoms with van der Waals surface area (Å²) in [5.74, 6) is -3.76. The maximum atomic E-state index is 14.3. The van der Waals surface area contributed by atoms with Gasteiger partial charge in [-0.2, -0.15) is 0 Å². The van der Waals surface area contributed by atoms with E-state index in [0.717, 1.165) is 5.56 Å². The van der Waals surface area contributed by atoms with Crippen LogP contribution in [0.5, 0.6) is 0 Å². The Hall–Kier alpha value is -3.59. The molecule has 3 aliphatic rings. The first-order valence-electron chi connectivity index (χ1n) is 11.9. The molecule has 2 N–H and O–H groups in total. The van der Waals surface area contributed by atoms with Crippen LogP contribution in [0.2, 0.25) is 0 Å². The first-order valence-corrected chi connectivity index (χ1v) is 11.9. The van der Waals surface area contributed by atoms with Crippen LogP contribution in [0, 0.1) is 17.7 Å². The van der Waals surface area contributed by atoms with Crippen molar-refractivity contribution in [2.75, 3.05) is 5.32 Å². The van der Waals surface area contributed by atoms with E-state index >= 15 is 0 Å². The number of nitrogens with one attached hydrogen (secondary N) is 2. The Morgan fingerprint density at radius 1 is 1.14 bits per heavy atom. The minimum atomic E-state index is -1.33. The fraction of sp³-hybridized carbons (Fsp3) is 0.407. The lowest BCUT2D eigenvalue weighted by atomic mass is 9.70. The Morgan fingerprint density at radius 2 is 1.89 bits per heavy atom. The van der Waals surface area contributed by atoms with Crippen molar-refractivity contribution in [1.29, 1.82) is 0 Å². The van der Waals surface area contributed by atoms with Gasteiger partial charge in [0.2, 0.25) is 17.7 Å². The highest BCUT2D eigenvalue weighted by Crippen LogP contribution is 2.60. The summed E-state index contributed by atoms with van der Waals surface area (Å²) in [7, 11) is 0. The van der Waals surface area contributed by atoms with Gasteiger partial charge in [-0.1, -0.05) is 30.4 Å². The van der Waals surface area contributed by atoms with Crippen LogP contribution in [0.1, 0.15) is 33.3 Å². The predicted molar refractivity (Wildman–Crippen MR) is 130 cm³/mol. The Labute approximate surface area is 208 Å². The molecule has 0 unspecified atom stereocenters. The molecule has 36 heavy (non-hydrogen) atoms. The van der Waals surface area contributed by atoms with E-state index in [9.17, 15) is 18.8 Å². The molecule has 5 rings (SSSR count). The molecule has 0 radical (unpaired) electrons. The molecule has 2 bridgehead atoms. The lowest BCUT2D eigenvalue weighted by Crippen LogP contribution is -2.57. The van der Waals surface area contributed by atoms with Gasteiger partial charge in [0, 0.05) is 24.5 Å². The van der Waals surface area contributed by atoms with Crippen LogP contribution in [-0.4, -0.2) is 50.4 Å². The zero-order chi connectivity index (χ0) is 25.9. The number of nitrogens with zero attached hydrogens (tertiary/aromatic N) is 2. The maximum absolute atomic E-state index is 14.3. The number of aromatic nitrogens is 1. The first kappa shape index (κ1) is 24.1. The van der Waals surface area contributed by atoms with Gasteiger partial charge in [-0.3, -0.25) is 19.4 Å². The summed E-state index contributed by atoms with van der Waals surface area (Å²) >= 11 is 0. The van der Waals surface area contributed by atoms with Crippen molar-refractivity contribution >= 4 is 23.4 Å². The molecule has 1 spiro atoms. The van der Waals surface area contributed by atoms with Crippen molar-refractivity contribution in [3.05, 3.63) is 72.3 Å². The smallest absolute Gasteiger partial charge is 0.246 e. The van der Waals surface area contributed by atoms with Gasteiger partial charge in [0.15, 0.2) is 0 Å². The van der Waals surface area contributed by atoms with Gasteiger partial charge < -0.3 is 20.3 Å². The number of likely N-dealkylation sites (tertiary alicyclic amines) is 1. The minimum Gasteiger partial charge on any atom is -0.356 e. The zero-order valence-corrected chi connectivity index (χ0v) is 20.6. The van der Waals surface area contributed by atoms with Crippen molar-refractivity contribution in [3.63, 3.8) is 0 Å². The number of hydrogen-bond donors (Lipinski definition) is 2. The molecule has 3 aliphatic heterocycles. The van der Waals surface area contributed by atoms with Gasteiger partial charge >= 0.3 is 0 Å². The normalized spacial score (nSPS) is 30.4. The molecule has 2 saturated heterocycles. The Morgan fingerprint density at radius 3 is 2.56 bits per heavy atom. The van der Waals surface area contributed by atoms with Crippen molar-refractivity contribution in [2.24, 2.45) is 11.8 Å². The van der Waals surface area contributed by atoms with Crippen LogP contribution in [0.15, 0.2) is 60.9 Å². The number of hydrogen-bond acceptors (Lipinski definition) is 5. The standard InChI is InChI=1S/C27H29FN4O4/c1-25(2,3)31-23(34)21-27-12-11-26(4,36-27)19(22(33)30-18-10-6-5-9-17(18)28)20(27)24(35)32(21)15-16-8-7-13-29-14-16/h5-14,19-21H,15H2,1-4H3,(H,30,33)(H,31,34)/t19-,20+,21-,26-,27+/m1/s1. The van der Waals surface area contributed by atoms with Gasteiger partial charge in [-0.25, -0.2) is 4.39 Å². The monoisotopic (exact) mass is 492 g/mol. The molecular formula is C27H29FN4O4. The van der Waals surface area contributed by atoms with Gasteiger partial charge in [0.1, 0.15) is 17.5 Å². The number of carbonyl (C=O) groups is 3. The molecule has 8 nitrogen and oxygen atoms in total. The van der Waals surface area contributed by atoms with E-state index in [1.165, 1.54) is 23.1 Å². The fourth-order valence-corrected chi connectivity index (χ4v) is 5.70. The summed E-state index contributed by atoms with van der Waals surface area (Å²) in [5, 5.41) is 5.61. The molecule has 9 heteroatoms. The lowest BCUT2D eigenvalue weighted by Gasteiger charge is -2.35. The van der Waals surface area contributed by atoms with Gasteiger partial charge in [0.05, 0.1) is 23.1 Å². The highest BCUT2D eigenvalue weighted by Gasteiger charge is 2.76.